The minimum absolute atomic E-state index is 0.0528. The topological polar surface area (TPSA) is 53.9 Å². The van der Waals surface area contributed by atoms with E-state index in [0.717, 1.165) is 17.2 Å². The van der Waals surface area contributed by atoms with E-state index in [1.807, 2.05) is 30.3 Å². The Morgan fingerprint density at radius 2 is 1.81 bits per heavy atom. The number of rotatable bonds is 4. The molecular formula is C26H20ClF4N3O2. The largest absolute Gasteiger partial charge is 0.469 e. The van der Waals surface area contributed by atoms with Crippen LogP contribution >= 0.6 is 11.6 Å². The van der Waals surface area contributed by atoms with Crippen molar-refractivity contribution in [2.24, 2.45) is 5.10 Å². The molecule has 2 heterocycles. The normalized spacial score (nSPS) is 19.4. The molecule has 0 spiro atoms. The van der Waals surface area contributed by atoms with E-state index in [1.165, 1.54) is 11.1 Å². The molecule has 2 amide bonds. The maximum Gasteiger partial charge on any atom is 0.469 e. The fourth-order valence-corrected chi connectivity index (χ4v) is 4.50. The third kappa shape index (κ3) is 4.07. The molecule has 1 N–H and O–H groups in total. The van der Waals surface area contributed by atoms with Gasteiger partial charge in [0.2, 0.25) is 0 Å². The number of aryl methyl sites for hydroxylation is 1. The van der Waals surface area contributed by atoms with Gasteiger partial charge in [-0.3, -0.25) is 0 Å². The SMILES string of the molecule is CCc1cc(NC(=O)N2CC(c3ccccc3)C(c3ccc(Cl)cc3)=N2)cc2c1OC(F)(F)C2(F)F. The van der Waals surface area contributed by atoms with E-state index >= 15 is 0 Å². The number of hydrogen-bond acceptors (Lipinski definition) is 3. The fraction of sp³-hybridized carbons (Fsp3) is 0.231. The molecule has 1 unspecified atom stereocenters. The maximum atomic E-state index is 14.3. The first-order chi connectivity index (χ1) is 17.1. The lowest BCUT2D eigenvalue weighted by Gasteiger charge is -2.17. The predicted octanol–water partition coefficient (Wildman–Crippen LogP) is 7.02. The van der Waals surface area contributed by atoms with Gasteiger partial charge in [0, 0.05) is 16.6 Å². The predicted molar refractivity (Wildman–Crippen MR) is 128 cm³/mol. The molecule has 3 aromatic carbocycles. The minimum atomic E-state index is -4.67. The molecule has 0 aliphatic carbocycles. The monoisotopic (exact) mass is 517 g/mol. The number of carbonyl (C=O) groups excluding carboxylic acids is 1. The number of urea groups is 1. The highest BCUT2D eigenvalue weighted by atomic mass is 35.5. The van der Waals surface area contributed by atoms with Crippen LogP contribution in [0.4, 0.5) is 28.0 Å². The van der Waals surface area contributed by atoms with Gasteiger partial charge in [0.1, 0.15) is 5.75 Å². The van der Waals surface area contributed by atoms with Crippen molar-refractivity contribution >= 4 is 29.0 Å². The molecule has 1 atom stereocenters. The highest BCUT2D eigenvalue weighted by Gasteiger charge is 2.67. The summed E-state index contributed by atoms with van der Waals surface area (Å²) in [6.07, 6.45) is -4.52. The number of amides is 2. The van der Waals surface area contributed by atoms with E-state index in [1.54, 1.807) is 31.2 Å². The zero-order valence-corrected chi connectivity index (χ0v) is 19.7. The molecule has 0 aromatic heterocycles. The highest BCUT2D eigenvalue weighted by molar-refractivity contribution is 6.30. The van der Waals surface area contributed by atoms with Crippen LogP contribution in [0.5, 0.6) is 5.75 Å². The van der Waals surface area contributed by atoms with E-state index in [9.17, 15) is 22.4 Å². The van der Waals surface area contributed by atoms with E-state index in [4.69, 9.17) is 11.6 Å². The molecule has 2 aliphatic rings. The second-order valence-electron chi connectivity index (χ2n) is 8.53. The number of nitrogens with zero attached hydrogens (tertiary/aromatic N) is 2. The van der Waals surface area contributed by atoms with E-state index in [2.05, 4.69) is 15.2 Å². The first-order valence-corrected chi connectivity index (χ1v) is 11.6. The Morgan fingerprint density at radius 1 is 1.11 bits per heavy atom. The summed E-state index contributed by atoms with van der Waals surface area (Å²) in [4.78, 5) is 13.1. The second kappa shape index (κ2) is 8.81. The van der Waals surface area contributed by atoms with E-state index in [-0.39, 0.29) is 30.1 Å². The second-order valence-corrected chi connectivity index (χ2v) is 8.96. The van der Waals surface area contributed by atoms with Gasteiger partial charge in [-0.2, -0.15) is 22.7 Å². The summed E-state index contributed by atoms with van der Waals surface area (Å²) in [6, 6.07) is 18.0. The molecule has 5 nitrogen and oxygen atoms in total. The third-order valence-electron chi connectivity index (χ3n) is 6.22. The maximum absolute atomic E-state index is 14.3. The summed E-state index contributed by atoms with van der Waals surface area (Å²) < 4.78 is 60.6. The average molecular weight is 518 g/mol. The molecule has 5 rings (SSSR count). The van der Waals surface area contributed by atoms with Crippen LogP contribution in [0.2, 0.25) is 5.02 Å². The molecular weight excluding hydrogens is 498 g/mol. The number of carbonyl (C=O) groups is 1. The standard InChI is InChI=1S/C26H20ClF4N3O2/c1-2-15-12-19(13-21-23(15)36-26(30,31)25(21,28)29)32-24(35)34-14-20(16-6-4-3-5-7-16)22(33-34)17-8-10-18(27)11-9-17/h3-13,20H,2,14H2,1H3,(H,32,35). The van der Waals surface area contributed by atoms with Crippen molar-refractivity contribution in [2.75, 3.05) is 11.9 Å². The summed E-state index contributed by atoms with van der Waals surface area (Å²) in [6.45, 7) is 1.81. The molecule has 0 saturated heterocycles. The van der Waals surface area contributed by atoms with Gasteiger partial charge in [-0.05, 0) is 47.4 Å². The Labute approximate surface area is 209 Å². The van der Waals surface area contributed by atoms with Gasteiger partial charge in [0.15, 0.2) is 0 Å². The Balaban J connectivity index is 1.46. The van der Waals surface area contributed by atoms with Crippen LogP contribution in [-0.4, -0.2) is 29.4 Å². The van der Waals surface area contributed by atoms with Crippen LogP contribution in [0.25, 0.3) is 0 Å². The first-order valence-electron chi connectivity index (χ1n) is 11.2. The van der Waals surface area contributed by atoms with Crippen LogP contribution in [0.15, 0.2) is 71.8 Å². The van der Waals surface area contributed by atoms with Crippen molar-refractivity contribution in [1.82, 2.24) is 5.01 Å². The summed E-state index contributed by atoms with van der Waals surface area (Å²) in [7, 11) is 0. The van der Waals surface area contributed by atoms with Crippen molar-refractivity contribution in [3.8, 4) is 5.75 Å². The molecule has 3 aromatic rings. The van der Waals surface area contributed by atoms with Crippen LogP contribution in [0.1, 0.15) is 35.1 Å². The van der Waals surface area contributed by atoms with Gasteiger partial charge in [-0.1, -0.05) is 61.0 Å². The van der Waals surface area contributed by atoms with Crippen LogP contribution < -0.4 is 10.1 Å². The quantitative estimate of drug-likeness (QED) is 0.378. The zero-order valence-electron chi connectivity index (χ0n) is 18.9. The van der Waals surface area contributed by atoms with Crippen LogP contribution in [0, 0.1) is 0 Å². The van der Waals surface area contributed by atoms with Crippen LogP contribution in [0.3, 0.4) is 0 Å². The smallest absolute Gasteiger partial charge is 0.427 e. The molecule has 2 aliphatic heterocycles. The summed E-state index contributed by atoms with van der Waals surface area (Å²) >= 11 is 6.02. The molecule has 36 heavy (non-hydrogen) atoms. The number of anilines is 1. The Hall–Kier alpha value is -3.59. The van der Waals surface area contributed by atoms with Crippen molar-refractivity contribution < 1.29 is 27.1 Å². The lowest BCUT2D eigenvalue weighted by atomic mass is 9.91. The molecule has 186 valence electrons. The van der Waals surface area contributed by atoms with Crippen molar-refractivity contribution in [2.45, 2.75) is 31.3 Å². The Kier molecular flexibility index (Phi) is 5.90. The number of halogens is 5. The Bertz CT molecular complexity index is 1350. The van der Waals surface area contributed by atoms with Crippen LogP contribution in [-0.2, 0) is 12.3 Å². The van der Waals surface area contributed by atoms with Gasteiger partial charge >= 0.3 is 18.1 Å². The van der Waals surface area contributed by atoms with Crippen molar-refractivity contribution in [3.63, 3.8) is 0 Å². The number of alkyl halides is 4. The van der Waals surface area contributed by atoms with Gasteiger partial charge in [-0.15, -0.1) is 0 Å². The van der Waals surface area contributed by atoms with Gasteiger partial charge in [-0.25, -0.2) is 9.80 Å². The van der Waals surface area contributed by atoms with Gasteiger partial charge < -0.3 is 10.1 Å². The number of benzene rings is 3. The fourth-order valence-electron chi connectivity index (χ4n) is 4.37. The minimum Gasteiger partial charge on any atom is -0.427 e. The van der Waals surface area contributed by atoms with Crippen molar-refractivity contribution in [1.29, 1.82) is 0 Å². The van der Waals surface area contributed by atoms with E-state index < -0.39 is 29.4 Å². The molecule has 10 heteroatoms. The third-order valence-corrected chi connectivity index (χ3v) is 6.47. The van der Waals surface area contributed by atoms with E-state index in [0.29, 0.717) is 10.7 Å². The van der Waals surface area contributed by atoms with Crippen molar-refractivity contribution in [3.05, 3.63) is 94.0 Å². The zero-order chi connectivity index (χ0) is 25.7. The molecule has 0 fully saturated rings. The average Bonchev–Trinajstić information content (AvgIpc) is 3.37. The molecule has 0 bridgehead atoms. The Morgan fingerprint density at radius 3 is 2.47 bits per heavy atom. The number of nitrogens with one attached hydrogen (secondary N) is 1. The number of hydrazone groups is 1. The number of ether oxygens (including phenoxy) is 1. The highest BCUT2D eigenvalue weighted by Crippen LogP contribution is 2.55. The number of hydrogen-bond donors (Lipinski definition) is 1. The summed E-state index contributed by atoms with van der Waals surface area (Å²) in [5, 5.41) is 8.79. The molecule has 0 radical (unpaired) electrons. The summed E-state index contributed by atoms with van der Waals surface area (Å²) in [5.41, 5.74) is 1.46. The number of fused-ring (bicyclic) bond motifs is 1. The van der Waals surface area contributed by atoms with Gasteiger partial charge in [0.05, 0.1) is 17.8 Å². The van der Waals surface area contributed by atoms with Gasteiger partial charge in [0.25, 0.3) is 0 Å². The lowest BCUT2D eigenvalue weighted by Crippen LogP contribution is -2.37. The first kappa shape index (κ1) is 24.1. The lowest BCUT2D eigenvalue weighted by molar-refractivity contribution is -0.296. The molecule has 0 saturated carbocycles. The summed E-state index contributed by atoms with van der Waals surface area (Å²) in [5.74, 6) is -5.33.